The quantitative estimate of drug-likeness (QED) is 0.430. The molecule has 1 aromatic carbocycles. The zero-order valence-corrected chi connectivity index (χ0v) is 22.6. The van der Waals surface area contributed by atoms with E-state index in [0.29, 0.717) is 31.8 Å². The number of benzene rings is 1. The van der Waals surface area contributed by atoms with Gasteiger partial charge in [-0.25, -0.2) is 14.4 Å². The first-order valence-electron chi connectivity index (χ1n) is 13.2. The second-order valence-corrected chi connectivity index (χ2v) is 11.0. The Morgan fingerprint density at radius 1 is 1.23 bits per heavy atom. The van der Waals surface area contributed by atoms with E-state index in [2.05, 4.69) is 15.3 Å². The average Bonchev–Trinajstić information content (AvgIpc) is 3.56. The molecule has 0 saturated carbocycles. The van der Waals surface area contributed by atoms with Gasteiger partial charge in [0, 0.05) is 44.3 Å². The minimum Gasteiger partial charge on any atom is -0.343 e. The second-order valence-electron chi connectivity index (χ2n) is 11.0. The summed E-state index contributed by atoms with van der Waals surface area (Å²) in [7, 11) is 0. The van der Waals surface area contributed by atoms with Gasteiger partial charge in [-0.3, -0.25) is 18.8 Å². The maximum Gasteiger partial charge on any atom is 0.274 e. The molecule has 3 heterocycles. The van der Waals surface area contributed by atoms with Crippen molar-refractivity contribution in [2.75, 3.05) is 26.2 Å². The number of carbonyl (C=O) groups excluding carboxylic acids is 3. The van der Waals surface area contributed by atoms with Gasteiger partial charge >= 0.3 is 0 Å². The van der Waals surface area contributed by atoms with Crippen LogP contribution in [0.4, 0.5) is 4.39 Å². The first-order valence-corrected chi connectivity index (χ1v) is 13.2. The number of rotatable bonds is 9. The Morgan fingerprint density at radius 3 is 2.64 bits per heavy atom. The van der Waals surface area contributed by atoms with E-state index in [4.69, 9.17) is 5.73 Å². The highest BCUT2D eigenvalue weighted by Crippen LogP contribution is 2.26. The van der Waals surface area contributed by atoms with Gasteiger partial charge in [-0.15, -0.1) is 0 Å². The van der Waals surface area contributed by atoms with Gasteiger partial charge in [-0.1, -0.05) is 32.9 Å². The average molecular weight is 538 g/mol. The van der Waals surface area contributed by atoms with Gasteiger partial charge in [0.1, 0.15) is 17.6 Å². The lowest BCUT2D eigenvalue weighted by atomic mass is 9.85. The van der Waals surface area contributed by atoms with Crippen LogP contribution in [0.3, 0.4) is 0 Å². The van der Waals surface area contributed by atoms with Crippen LogP contribution in [-0.2, 0) is 16.0 Å². The Labute approximate surface area is 227 Å². The number of amides is 3. The molecule has 1 saturated heterocycles. The number of hydrogen-bond donors (Lipinski definition) is 2. The summed E-state index contributed by atoms with van der Waals surface area (Å²) < 4.78 is 15.1. The summed E-state index contributed by atoms with van der Waals surface area (Å²) in [5.41, 5.74) is 6.12. The van der Waals surface area contributed by atoms with Crippen molar-refractivity contribution in [3.05, 3.63) is 66.0 Å². The van der Waals surface area contributed by atoms with E-state index < -0.39 is 17.4 Å². The Bertz CT molecular complexity index is 1290. The van der Waals surface area contributed by atoms with Crippen molar-refractivity contribution in [3.8, 4) is 0 Å². The van der Waals surface area contributed by atoms with Crippen molar-refractivity contribution >= 4 is 23.5 Å². The van der Waals surface area contributed by atoms with Crippen molar-refractivity contribution < 1.29 is 18.8 Å². The van der Waals surface area contributed by atoms with Crippen LogP contribution < -0.4 is 11.1 Å². The summed E-state index contributed by atoms with van der Waals surface area (Å²) in [5, 5.41) is 2.79. The summed E-state index contributed by atoms with van der Waals surface area (Å²) in [4.78, 5) is 51.6. The molecule has 1 aliphatic rings. The van der Waals surface area contributed by atoms with E-state index in [9.17, 15) is 18.8 Å². The molecule has 1 fully saturated rings. The molecule has 0 bridgehead atoms. The van der Waals surface area contributed by atoms with Crippen LogP contribution in [0.5, 0.6) is 0 Å². The highest BCUT2D eigenvalue weighted by molar-refractivity contribution is 5.93. The monoisotopic (exact) mass is 537 g/mol. The Morgan fingerprint density at radius 2 is 1.97 bits per heavy atom. The molecule has 0 aliphatic carbocycles. The minimum absolute atomic E-state index is 0.185. The second kappa shape index (κ2) is 11.9. The number of likely N-dealkylation sites (tertiary alicyclic amines) is 1. The van der Waals surface area contributed by atoms with E-state index in [1.54, 1.807) is 51.0 Å². The largest absolute Gasteiger partial charge is 0.343 e. The number of nitrogens with zero attached hydrogens (tertiary/aromatic N) is 5. The van der Waals surface area contributed by atoms with Gasteiger partial charge in [-0.05, 0) is 48.4 Å². The lowest BCUT2D eigenvalue weighted by molar-refractivity contribution is -0.140. The van der Waals surface area contributed by atoms with Crippen LogP contribution in [0.25, 0.3) is 5.78 Å². The normalized spacial score (nSPS) is 16.3. The molecule has 2 unspecified atom stereocenters. The number of imidazole rings is 1. The molecule has 3 N–H and O–H groups in total. The molecule has 11 heteroatoms. The van der Waals surface area contributed by atoms with Gasteiger partial charge in [0.25, 0.3) is 5.91 Å². The molecule has 3 aromatic rings. The van der Waals surface area contributed by atoms with Crippen LogP contribution in [-0.4, -0.2) is 80.2 Å². The Hall–Kier alpha value is -3.86. The molecule has 10 nitrogen and oxygen atoms in total. The molecule has 0 spiro atoms. The predicted molar refractivity (Wildman–Crippen MR) is 144 cm³/mol. The third kappa shape index (κ3) is 6.78. The third-order valence-corrected chi connectivity index (χ3v) is 7.02. The van der Waals surface area contributed by atoms with Crippen molar-refractivity contribution in [1.82, 2.24) is 29.5 Å². The van der Waals surface area contributed by atoms with Gasteiger partial charge in [0.2, 0.25) is 17.6 Å². The molecule has 0 radical (unpaired) electrons. The summed E-state index contributed by atoms with van der Waals surface area (Å²) in [6.45, 7) is 6.68. The van der Waals surface area contributed by atoms with E-state index in [1.165, 1.54) is 12.1 Å². The predicted octanol–water partition coefficient (Wildman–Crippen LogP) is 2.03. The van der Waals surface area contributed by atoms with Crippen LogP contribution in [0.1, 0.15) is 49.7 Å². The number of fused-ring (bicyclic) bond motifs is 1. The number of carbonyl (C=O) groups is 3. The summed E-state index contributed by atoms with van der Waals surface area (Å²) >= 11 is 0. The molecule has 1 aliphatic heterocycles. The zero-order valence-electron chi connectivity index (χ0n) is 22.6. The molecule has 39 heavy (non-hydrogen) atoms. The van der Waals surface area contributed by atoms with Crippen LogP contribution >= 0.6 is 0 Å². The van der Waals surface area contributed by atoms with E-state index in [1.807, 2.05) is 20.8 Å². The first-order chi connectivity index (χ1) is 18.6. The molecule has 208 valence electrons. The van der Waals surface area contributed by atoms with Crippen molar-refractivity contribution in [2.45, 2.75) is 52.1 Å². The highest BCUT2D eigenvalue weighted by Gasteiger charge is 2.40. The van der Waals surface area contributed by atoms with E-state index in [0.717, 1.165) is 18.4 Å². The first kappa shape index (κ1) is 28.2. The minimum atomic E-state index is -0.748. The fraction of sp³-hybridized carbons (Fsp3) is 0.464. The SMILES string of the molecule is CC(C)(C)C(NC(=O)CN)C(=O)N1CCCC1CN(CCc1ccc(F)cc1)C(=O)c1cn2cccnc2n1. The van der Waals surface area contributed by atoms with Crippen molar-refractivity contribution in [3.63, 3.8) is 0 Å². The number of aromatic nitrogens is 3. The van der Waals surface area contributed by atoms with Crippen LogP contribution in [0.2, 0.25) is 0 Å². The zero-order chi connectivity index (χ0) is 28.2. The maximum absolute atomic E-state index is 13.7. The third-order valence-electron chi connectivity index (χ3n) is 7.02. The Balaban J connectivity index is 1.57. The Kier molecular flexibility index (Phi) is 8.59. The van der Waals surface area contributed by atoms with Gasteiger partial charge in [0.05, 0.1) is 6.54 Å². The molecule has 4 rings (SSSR count). The van der Waals surface area contributed by atoms with Gasteiger partial charge in [0.15, 0.2) is 0 Å². The molecule has 2 aromatic heterocycles. The standard InChI is InChI=1S/C28H36FN7O3/c1-28(2,3)24(33-23(37)16-30)26(39)36-14-4-6-21(36)17-34(15-11-19-7-9-20(29)10-8-19)25(38)22-18-35-13-5-12-31-27(35)32-22/h5,7-10,12-13,18,21,24H,4,6,11,14-17,30H2,1-3H3,(H,33,37). The van der Waals surface area contributed by atoms with Crippen molar-refractivity contribution in [2.24, 2.45) is 11.1 Å². The number of halogens is 1. The molecular formula is C28H36FN7O3. The fourth-order valence-corrected chi connectivity index (χ4v) is 4.89. The number of nitrogens with one attached hydrogen (secondary N) is 1. The molecule has 3 amide bonds. The van der Waals surface area contributed by atoms with Crippen LogP contribution in [0.15, 0.2) is 48.9 Å². The summed E-state index contributed by atoms with van der Waals surface area (Å²) in [5.74, 6) is -0.754. The molecule has 2 atom stereocenters. The topological polar surface area (TPSA) is 126 Å². The van der Waals surface area contributed by atoms with E-state index in [-0.39, 0.29) is 35.9 Å². The summed E-state index contributed by atoms with van der Waals surface area (Å²) in [6.07, 6.45) is 7.05. The smallest absolute Gasteiger partial charge is 0.274 e. The summed E-state index contributed by atoms with van der Waals surface area (Å²) in [6, 6.07) is 6.97. The van der Waals surface area contributed by atoms with E-state index >= 15 is 0 Å². The molecular weight excluding hydrogens is 501 g/mol. The van der Waals surface area contributed by atoms with Crippen molar-refractivity contribution in [1.29, 1.82) is 0 Å². The maximum atomic E-state index is 13.7. The number of nitrogens with two attached hydrogens (primary N) is 1. The highest BCUT2D eigenvalue weighted by atomic mass is 19.1. The van der Waals surface area contributed by atoms with Crippen LogP contribution in [0, 0.1) is 11.2 Å². The van der Waals surface area contributed by atoms with Gasteiger partial charge in [-0.2, -0.15) is 0 Å². The lowest BCUT2D eigenvalue weighted by Gasteiger charge is -2.37. The lowest BCUT2D eigenvalue weighted by Crippen LogP contribution is -2.57. The fourth-order valence-electron chi connectivity index (χ4n) is 4.89. The number of hydrogen-bond acceptors (Lipinski definition) is 6. The van der Waals surface area contributed by atoms with Gasteiger partial charge < -0.3 is 20.9 Å².